The Morgan fingerprint density at radius 2 is 1.84 bits per heavy atom. The third kappa shape index (κ3) is 5.07. The highest BCUT2D eigenvalue weighted by atomic mass is 32.2. The van der Waals surface area contributed by atoms with Crippen LogP contribution in [0.1, 0.15) is 27.9 Å². The number of fused-ring (bicyclic) bond motifs is 1. The zero-order valence-corrected chi connectivity index (χ0v) is 21.6. The summed E-state index contributed by atoms with van der Waals surface area (Å²) in [7, 11) is -2.82. The molecule has 2 heterocycles. The number of carbonyl (C=O) groups is 1. The molecule has 0 N–H and O–H groups in total. The molecule has 3 aromatic rings. The van der Waals surface area contributed by atoms with E-state index in [1.807, 2.05) is 43.3 Å². The summed E-state index contributed by atoms with van der Waals surface area (Å²) in [5.41, 5.74) is 3.69. The first-order chi connectivity index (χ1) is 17.9. The summed E-state index contributed by atoms with van der Waals surface area (Å²) in [6.45, 7) is 3.46. The van der Waals surface area contributed by atoms with Crippen molar-refractivity contribution in [1.82, 2.24) is 4.31 Å². The SMILES string of the molecule is COC(=O)c1ccccc1S(=O)(=O)N1CCOc2c(cc(-c3ccccc3C)cc2OC2CCOC2)C1. The predicted octanol–water partition coefficient (Wildman–Crippen LogP) is 4.20. The summed E-state index contributed by atoms with van der Waals surface area (Å²) in [4.78, 5) is 12.2. The lowest BCUT2D eigenvalue weighted by molar-refractivity contribution is 0.0596. The van der Waals surface area contributed by atoms with Crippen LogP contribution in [0.25, 0.3) is 11.1 Å². The second kappa shape index (κ2) is 10.5. The molecule has 1 fully saturated rings. The van der Waals surface area contributed by atoms with Crippen molar-refractivity contribution in [3.63, 3.8) is 0 Å². The molecule has 1 unspecified atom stereocenters. The second-order valence-corrected chi connectivity index (χ2v) is 11.0. The normalized spacial score (nSPS) is 17.9. The molecule has 0 spiro atoms. The van der Waals surface area contributed by atoms with Crippen LogP contribution in [-0.4, -0.2) is 58.3 Å². The highest BCUT2D eigenvalue weighted by molar-refractivity contribution is 7.89. The van der Waals surface area contributed by atoms with Crippen LogP contribution in [0.2, 0.25) is 0 Å². The van der Waals surface area contributed by atoms with Gasteiger partial charge in [0.2, 0.25) is 10.0 Å². The van der Waals surface area contributed by atoms with E-state index < -0.39 is 16.0 Å². The first-order valence-electron chi connectivity index (χ1n) is 12.2. The number of hydrogen-bond acceptors (Lipinski definition) is 7. The number of hydrogen-bond donors (Lipinski definition) is 0. The van der Waals surface area contributed by atoms with Crippen molar-refractivity contribution >= 4 is 16.0 Å². The Bertz CT molecular complexity index is 1410. The van der Waals surface area contributed by atoms with Gasteiger partial charge >= 0.3 is 5.97 Å². The number of rotatable bonds is 6. The molecule has 2 aliphatic rings. The number of nitrogens with zero attached hydrogens (tertiary/aromatic N) is 1. The molecule has 0 radical (unpaired) electrons. The molecule has 0 aromatic heterocycles. The van der Waals surface area contributed by atoms with Crippen molar-refractivity contribution in [2.45, 2.75) is 30.9 Å². The number of esters is 1. The van der Waals surface area contributed by atoms with Gasteiger partial charge in [0.05, 0.1) is 30.8 Å². The number of benzene rings is 3. The van der Waals surface area contributed by atoms with Crippen LogP contribution in [-0.2, 0) is 26.0 Å². The number of carbonyl (C=O) groups excluding carboxylic acids is 1. The molecule has 8 nitrogen and oxygen atoms in total. The molecule has 1 saturated heterocycles. The van der Waals surface area contributed by atoms with Gasteiger partial charge in [0, 0.05) is 25.1 Å². The van der Waals surface area contributed by atoms with Gasteiger partial charge in [-0.1, -0.05) is 36.4 Å². The van der Waals surface area contributed by atoms with Gasteiger partial charge in [0.15, 0.2) is 11.5 Å². The van der Waals surface area contributed by atoms with E-state index in [1.54, 1.807) is 12.1 Å². The molecule has 0 bridgehead atoms. The van der Waals surface area contributed by atoms with E-state index in [0.717, 1.165) is 23.1 Å². The van der Waals surface area contributed by atoms with E-state index in [0.29, 0.717) is 30.3 Å². The van der Waals surface area contributed by atoms with Gasteiger partial charge in [-0.3, -0.25) is 0 Å². The molecule has 3 aromatic carbocycles. The first-order valence-corrected chi connectivity index (χ1v) is 13.6. The maximum Gasteiger partial charge on any atom is 0.339 e. The quantitative estimate of drug-likeness (QED) is 0.447. The molecular formula is C28H29NO7S. The van der Waals surface area contributed by atoms with Gasteiger partial charge in [0.25, 0.3) is 0 Å². The van der Waals surface area contributed by atoms with Crippen LogP contribution in [0, 0.1) is 6.92 Å². The topological polar surface area (TPSA) is 91.4 Å². The zero-order chi connectivity index (χ0) is 26.0. The van der Waals surface area contributed by atoms with Gasteiger partial charge in [0.1, 0.15) is 12.7 Å². The fourth-order valence-electron chi connectivity index (χ4n) is 4.70. The summed E-state index contributed by atoms with van der Waals surface area (Å²) in [6, 6.07) is 18.0. The van der Waals surface area contributed by atoms with Gasteiger partial charge in [-0.2, -0.15) is 4.31 Å². The zero-order valence-electron chi connectivity index (χ0n) is 20.8. The summed E-state index contributed by atoms with van der Waals surface area (Å²) in [5, 5.41) is 0. The van der Waals surface area contributed by atoms with Crippen LogP contribution in [0.5, 0.6) is 11.5 Å². The molecular weight excluding hydrogens is 494 g/mol. The fraction of sp³-hybridized carbons (Fsp3) is 0.321. The molecule has 2 aliphatic heterocycles. The maximum atomic E-state index is 13.8. The Balaban J connectivity index is 1.58. The van der Waals surface area contributed by atoms with Crippen molar-refractivity contribution in [2.75, 3.05) is 33.5 Å². The number of sulfonamides is 1. The van der Waals surface area contributed by atoms with Crippen LogP contribution < -0.4 is 9.47 Å². The number of aryl methyl sites for hydroxylation is 1. The van der Waals surface area contributed by atoms with Crippen LogP contribution >= 0.6 is 0 Å². The van der Waals surface area contributed by atoms with Gasteiger partial charge in [-0.25, -0.2) is 13.2 Å². The number of methoxy groups -OCH3 is 1. The van der Waals surface area contributed by atoms with Gasteiger partial charge < -0.3 is 18.9 Å². The molecule has 9 heteroatoms. The Hall–Kier alpha value is -3.40. The molecule has 0 saturated carbocycles. The minimum atomic E-state index is -4.04. The molecule has 1 atom stereocenters. The lowest BCUT2D eigenvalue weighted by atomic mass is 9.98. The first kappa shape index (κ1) is 25.3. The summed E-state index contributed by atoms with van der Waals surface area (Å²) < 4.78 is 51.6. The van der Waals surface area contributed by atoms with Crippen molar-refractivity contribution in [2.24, 2.45) is 0 Å². The van der Waals surface area contributed by atoms with E-state index >= 15 is 0 Å². The maximum absolute atomic E-state index is 13.8. The van der Waals surface area contributed by atoms with Gasteiger partial charge in [-0.05, 0) is 47.9 Å². The Morgan fingerprint density at radius 3 is 2.59 bits per heavy atom. The average Bonchev–Trinajstić information content (AvgIpc) is 3.31. The van der Waals surface area contributed by atoms with Gasteiger partial charge in [-0.15, -0.1) is 0 Å². The standard InChI is InChI=1S/C28H29NO7S/c1-19-7-3-4-8-23(19)20-15-21-17-29(37(31,32)26-10-6-5-9-24(26)28(30)33-2)12-14-35-27(21)25(16-20)36-22-11-13-34-18-22/h3-10,15-16,22H,11-14,17-18H2,1-2H3. The minimum Gasteiger partial charge on any atom is -0.488 e. The third-order valence-corrected chi connectivity index (χ3v) is 8.52. The van der Waals surface area contributed by atoms with E-state index in [9.17, 15) is 13.2 Å². The monoisotopic (exact) mass is 523 g/mol. The summed E-state index contributed by atoms with van der Waals surface area (Å²) in [6.07, 6.45) is 0.670. The number of ether oxygens (including phenoxy) is 4. The Morgan fingerprint density at radius 1 is 1.05 bits per heavy atom. The molecule has 0 amide bonds. The van der Waals surface area contributed by atoms with E-state index in [-0.39, 0.29) is 36.3 Å². The van der Waals surface area contributed by atoms with Crippen molar-refractivity contribution in [3.8, 4) is 22.6 Å². The highest BCUT2D eigenvalue weighted by Crippen LogP contribution is 2.41. The lowest BCUT2D eigenvalue weighted by Gasteiger charge is -2.22. The largest absolute Gasteiger partial charge is 0.488 e. The Kier molecular flexibility index (Phi) is 7.19. The molecule has 37 heavy (non-hydrogen) atoms. The fourth-order valence-corrected chi connectivity index (χ4v) is 6.28. The lowest BCUT2D eigenvalue weighted by Crippen LogP contribution is -2.33. The van der Waals surface area contributed by atoms with E-state index in [2.05, 4.69) is 0 Å². The smallest absolute Gasteiger partial charge is 0.339 e. The second-order valence-electron chi connectivity index (χ2n) is 9.06. The highest BCUT2D eigenvalue weighted by Gasteiger charge is 2.33. The summed E-state index contributed by atoms with van der Waals surface area (Å²) in [5.74, 6) is 0.394. The van der Waals surface area contributed by atoms with Crippen LogP contribution in [0.4, 0.5) is 0 Å². The van der Waals surface area contributed by atoms with Crippen molar-refractivity contribution < 1.29 is 32.2 Å². The molecule has 0 aliphatic carbocycles. The van der Waals surface area contributed by atoms with E-state index in [4.69, 9.17) is 18.9 Å². The van der Waals surface area contributed by atoms with E-state index in [1.165, 1.54) is 23.5 Å². The van der Waals surface area contributed by atoms with Crippen LogP contribution in [0.3, 0.4) is 0 Å². The van der Waals surface area contributed by atoms with Crippen LogP contribution in [0.15, 0.2) is 65.6 Å². The minimum absolute atomic E-state index is 0.00527. The van der Waals surface area contributed by atoms with Crippen molar-refractivity contribution in [3.05, 3.63) is 77.4 Å². The van der Waals surface area contributed by atoms with Crippen molar-refractivity contribution in [1.29, 1.82) is 0 Å². The molecule has 5 rings (SSSR count). The third-order valence-electron chi connectivity index (χ3n) is 6.61. The predicted molar refractivity (Wildman–Crippen MR) is 137 cm³/mol. The molecule has 194 valence electrons. The summed E-state index contributed by atoms with van der Waals surface area (Å²) >= 11 is 0. The average molecular weight is 524 g/mol. The Labute approximate surface area is 216 Å².